The lowest BCUT2D eigenvalue weighted by atomic mass is 10.2. The standard InChI is InChI=1S/C15H19NO4/c1-2-13(20-11-7-4-3-5-8-11)14(17)16-10-6-9-12(16)15(18)19/h3-5,7-8,12-13H,2,6,9-10H2,1H3,(H,18,19). The van der Waals surface area contributed by atoms with Gasteiger partial charge >= 0.3 is 5.97 Å². The van der Waals surface area contributed by atoms with E-state index in [1.807, 2.05) is 25.1 Å². The van der Waals surface area contributed by atoms with E-state index in [2.05, 4.69) is 0 Å². The fourth-order valence-electron chi connectivity index (χ4n) is 2.44. The Balaban J connectivity index is 2.07. The largest absolute Gasteiger partial charge is 0.481 e. The first-order valence-corrected chi connectivity index (χ1v) is 6.88. The van der Waals surface area contributed by atoms with Crippen molar-refractivity contribution in [2.75, 3.05) is 6.54 Å². The molecule has 20 heavy (non-hydrogen) atoms. The number of amides is 1. The van der Waals surface area contributed by atoms with Gasteiger partial charge in [-0.3, -0.25) is 4.79 Å². The molecule has 2 rings (SSSR count). The van der Waals surface area contributed by atoms with Crippen LogP contribution in [0.2, 0.25) is 0 Å². The molecule has 1 aliphatic heterocycles. The van der Waals surface area contributed by atoms with Crippen molar-refractivity contribution in [3.63, 3.8) is 0 Å². The van der Waals surface area contributed by atoms with Gasteiger partial charge in [0.2, 0.25) is 0 Å². The summed E-state index contributed by atoms with van der Waals surface area (Å²) < 4.78 is 5.68. The van der Waals surface area contributed by atoms with E-state index >= 15 is 0 Å². The van der Waals surface area contributed by atoms with Gasteiger partial charge in [0.1, 0.15) is 11.8 Å². The first kappa shape index (κ1) is 14.4. The van der Waals surface area contributed by atoms with Gasteiger partial charge in [-0.2, -0.15) is 0 Å². The third-order valence-electron chi connectivity index (χ3n) is 3.49. The van der Waals surface area contributed by atoms with Crippen molar-refractivity contribution >= 4 is 11.9 Å². The van der Waals surface area contributed by atoms with E-state index in [1.54, 1.807) is 12.1 Å². The number of ether oxygens (including phenoxy) is 1. The first-order valence-electron chi connectivity index (χ1n) is 6.88. The molecule has 1 aromatic carbocycles. The lowest BCUT2D eigenvalue weighted by Crippen LogP contribution is -2.47. The number of likely N-dealkylation sites (tertiary alicyclic amines) is 1. The highest BCUT2D eigenvalue weighted by Gasteiger charge is 2.37. The van der Waals surface area contributed by atoms with Crippen LogP contribution in [0.25, 0.3) is 0 Å². The Labute approximate surface area is 118 Å². The predicted octanol–water partition coefficient (Wildman–Crippen LogP) is 1.92. The Morgan fingerprint density at radius 3 is 2.70 bits per heavy atom. The van der Waals surface area contributed by atoms with Gasteiger partial charge in [0.05, 0.1) is 0 Å². The number of hydrogen-bond acceptors (Lipinski definition) is 3. The van der Waals surface area contributed by atoms with Crippen LogP contribution in [0.1, 0.15) is 26.2 Å². The van der Waals surface area contributed by atoms with E-state index in [4.69, 9.17) is 9.84 Å². The number of aliphatic carboxylic acids is 1. The predicted molar refractivity (Wildman–Crippen MR) is 73.5 cm³/mol. The van der Waals surface area contributed by atoms with Gasteiger partial charge in [0.25, 0.3) is 5.91 Å². The SMILES string of the molecule is CCC(Oc1ccccc1)C(=O)N1CCCC1C(=O)O. The topological polar surface area (TPSA) is 66.8 Å². The number of carbonyl (C=O) groups excluding carboxylic acids is 1. The summed E-state index contributed by atoms with van der Waals surface area (Å²) in [6.07, 6.45) is 1.13. The fourth-order valence-corrected chi connectivity index (χ4v) is 2.44. The van der Waals surface area contributed by atoms with Crippen LogP contribution in [-0.2, 0) is 9.59 Å². The molecule has 1 aliphatic rings. The second-order valence-corrected chi connectivity index (χ2v) is 4.86. The van der Waals surface area contributed by atoms with Crippen molar-refractivity contribution in [2.24, 2.45) is 0 Å². The number of nitrogens with zero attached hydrogens (tertiary/aromatic N) is 1. The van der Waals surface area contributed by atoms with Gasteiger partial charge in [-0.1, -0.05) is 25.1 Å². The molecule has 0 saturated carbocycles. The zero-order valence-corrected chi connectivity index (χ0v) is 11.5. The van der Waals surface area contributed by atoms with E-state index < -0.39 is 18.1 Å². The minimum atomic E-state index is -0.939. The molecule has 108 valence electrons. The smallest absolute Gasteiger partial charge is 0.326 e. The van der Waals surface area contributed by atoms with Crippen LogP contribution < -0.4 is 4.74 Å². The van der Waals surface area contributed by atoms with E-state index in [-0.39, 0.29) is 5.91 Å². The third-order valence-corrected chi connectivity index (χ3v) is 3.49. The molecule has 1 heterocycles. The van der Waals surface area contributed by atoms with E-state index in [1.165, 1.54) is 4.90 Å². The number of benzene rings is 1. The highest BCUT2D eigenvalue weighted by atomic mass is 16.5. The minimum Gasteiger partial charge on any atom is -0.481 e. The van der Waals surface area contributed by atoms with Crippen LogP contribution in [0.15, 0.2) is 30.3 Å². The number of hydrogen-bond donors (Lipinski definition) is 1. The summed E-state index contributed by atoms with van der Waals surface area (Å²) in [5, 5.41) is 9.14. The Morgan fingerprint density at radius 1 is 1.40 bits per heavy atom. The van der Waals surface area contributed by atoms with E-state index in [0.29, 0.717) is 25.1 Å². The second kappa shape index (κ2) is 6.41. The van der Waals surface area contributed by atoms with Crippen molar-refractivity contribution in [2.45, 2.75) is 38.3 Å². The summed E-state index contributed by atoms with van der Waals surface area (Å²) in [6.45, 7) is 2.35. The molecule has 1 aromatic rings. The molecule has 1 N–H and O–H groups in total. The Morgan fingerprint density at radius 2 is 2.10 bits per heavy atom. The normalized spacial score (nSPS) is 19.6. The van der Waals surface area contributed by atoms with E-state index in [0.717, 1.165) is 6.42 Å². The Kier molecular flexibility index (Phi) is 4.61. The molecule has 0 spiro atoms. The van der Waals surface area contributed by atoms with Gasteiger partial charge in [-0.25, -0.2) is 4.79 Å². The second-order valence-electron chi connectivity index (χ2n) is 4.86. The maximum absolute atomic E-state index is 12.4. The monoisotopic (exact) mass is 277 g/mol. The van der Waals surface area contributed by atoms with Crippen LogP contribution >= 0.6 is 0 Å². The van der Waals surface area contributed by atoms with Crippen LogP contribution in [0.3, 0.4) is 0 Å². The molecular formula is C15H19NO4. The lowest BCUT2D eigenvalue weighted by Gasteiger charge is -2.26. The lowest BCUT2D eigenvalue weighted by molar-refractivity contribution is -0.151. The molecule has 0 aromatic heterocycles. The average Bonchev–Trinajstić information content (AvgIpc) is 2.94. The zero-order valence-electron chi connectivity index (χ0n) is 11.5. The number of carbonyl (C=O) groups is 2. The van der Waals surface area contributed by atoms with E-state index in [9.17, 15) is 9.59 Å². The van der Waals surface area contributed by atoms with Gasteiger partial charge in [0.15, 0.2) is 6.10 Å². The number of carboxylic acid groups (broad SMARTS) is 1. The Hall–Kier alpha value is -2.04. The number of rotatable bonds is 5. The maximum Gasteiger partial charge on any atom is 0.326 e. The first-order chi connectivity index (χ1) is 9.63. The quantitative estimate of drug-likeness (QED) is 0.893. The number of para-hydroxylation sites is 1. The summed E-state index contributed by atoms with van der Waals surface area (Å²) in [7, 11) is 0. The molecule has 5 nitrogen and oxygen atoms in total. The molecule has 1 saturated heterocycles. The summed E-state index contributed by atoms with van der Waals surface area (Å²) in [5.41, 5.74) is 0. The summed E-state index contributed by atoms with van der Waals surface area (Å²) in [6, 6.07) is 8.40. The number of carboxylic acids is 1. The molecule has 1 amide bonds. The third kappa shape index (κ3) is 3.10. The zero-order chi connectivity index (χ0) is 14.5. The minimum absolute atomic E-state index is 0.235. The van der Waals surface area contributed by atoms with Gasteiger partial charge in [-0.05, 0) is 31.4 Å². The van der Waals surface area contributed by atoms with Crippen LogP contribution in [-0.4, -0.2) is 40.6 Å². The van der Waals surface area contributed by atoms with Crippen molar-refractivity contribution < 1.29 is 19.4 Å². The van der Waals surface area contributed by atoms with Crippen molar-refractivity contribution in [1.29, 1.82) is 0 Å². The molecule has 5 heteroatoms. The molecular weight excluding hydrogens is 258 g/mol. The molecule has 2 atom stereocenters. The van der Waals surface area contributed by atoms with Crippen molar-refractivity contribution in [3.05, 3.63) is 30.3 Å². The molecule has 0 aliphatic carbocycles. The van der Waals surface area contributed by atoms with Gasteiger partial charge in [-0.15, -0.1) is 0 Å². The highest BCUT2D eigenvalue weighted by molar-refractivity contribution is 5.87. The molecule has 0 radical (unpaired) electrons. The highest BCUT2D eigenvalue weighted by Crippen LogP contribution is 2.21. The summed E-state index contributed by atoms with van der Waals surface area (Å²) in [5.74, 6) is -0.551. The van der Waals surface area contributed by atoms with Gasteiger partial charge in [0, 0.05) is 6.54 Å². The van der Waals surface area contributed by atoms with Crippen LogP contribution in [0.5, 0.6) is 5.75 Å². The molecule has 1 fully saturated rings. The fraction of sp³-hybridized carbons (Fsp3) is 0.467. The molecule has 0 bridgehead atoms. The molecule has 2 unspecified atom stereocenters. The van der Waals surface area contributed by atoms with Gasteiger partial charge < -0.3 is 14.7 Å². The van der Waals surface area contributed by atoms with Crippen molar-refractivity contribution in [3.8, 4) is 5.75 Å². The average molecular weight is 277 g/mol. The summed E-state index contributed by atoms with van der Waals surface area (Å²) in [4.78, 5) is 25.0. The maximum atomic E-state index is 12.4. The van der Waals surface area contributed by atoms with Crippen LogP contribution in [0, 0.1) is 0 Å². The van der Waals surface area contributed by atoms with Crippen molar-refractivity contribution in [1.82, 2.24) is 4.90 Å². The Bertz CT molecular complexity index is 474. The summed E-state index contributed by atoms with van der Waals surface area (Å²) >= 11 is 0. The van der Waals surface area contributed by atoms with Crippen LogP contribution in [0.4, 0.5) is 0 Å².